The highest BCUT2D eigenvalue weighted by Gasteiger charge is 2.34. The Balaban J connectivity index is 1.37. The van der Waals surface area contributed by atoms with Crippen molar-refractivity contribution in [1.29, 1.82) is 0 Å². The van der Waals surface area contributed by atoms with Crippen molar-refractivity contribution in [2.24, 2.45) is 0 Å². The third-order valence-electron chi connectivity index (χ3n) is 4.98. The SMILES string of the molecule is COC(=O)N[C@H]1CCN(c2ccc(N3CC(COc4ccon4)OC3=O)cc2F)C1. The summed E-state index contributed by atoms with van der Waals surface area (Å²) in [4.78, 5) is 26.8. The van der Waals surface area contributed by atoms with Crippen LogP contribution in [0.3, 0.4) is 0 Å². The van der Waals surface area contributed by atoms with Crippen molar-refractivity contribution >= 4 is 23.6 Å². The Labute approximate surface area is 171 Å². The van der Waals surface area contributed by atoms with Gasteiger partial charge in [-0.05, 0) is 29.8 Å². The average Bonchev–Trinajstić information content (AvgIpc) is 3.47. The van der Waals surface area contributed by atoms with Gasteiger partial charge in [-0.15, -0.1) is 0 Å². The minimum Gasteiger partial charge on any atom is -0.471 e. The predicted octanol–water partition coefficient (Wildman–Crippen LogP) is 2.15. The van der Waals surface area contributed by atoms with Gasteiger partial charge in [0.15, 0.2) is 6.10 Å². The lowest BCUT2D eigenvalue weighted by molar-refractivity contribution is 0.101. The number of halogens is 1. The molecule has 0 spiro atoms. The number of ether oxygens (including phenoxy) is 3. The van der Waals surface area contributed by atoms with E-state index in [1.54, 1.807) is 18.2 Å². The molecule has 0 aliphatic carbocycles. The molecule has 2 aliphatic rings. The number of hydrogen-bond acceptors (Lipinski definition) is 8. The van der Waals surface area contributed by atoms with Gasteiger partial charge >= 0.3 is 12.2 Å². The Hall–Kier alpha value is -3.50. The molecule has 11 heteroatoms. The molecule has 1 unspecified atom stereocenters. The number of methoxy groups -OCH3 is 1. The highest BCUT2D eigenvalue weighted by Crippen LogP contribution is 2.30. The van der Waals surface area contributed by atoms with E-state index in [0.29, 0.717) is 36.8 Å². The molecular formula is C19H21FN4O6. The van der Waals surface area contributed by atoms with Crippen LogP contribution in [0.25, 0.3) is 0 Å². The highest BCUT2D eigenvalue weighted by molar-refractivity contribution is 5.90. The number of anilines is 2. The lowest BCUT2D eigenvalue weighted by atomic mass is 10.2. The number of carbonyl (C=O) groups excluding carboxylic acids is 2. The summed E-state index contributed by atoms with van der Waals surface area (Å²) in [5, 5.41) is 6.34. The average molecular weight is 420 g/mol. The van der Waals surface area contributed by atoms with Gasteiger partial charge in [-0.3, -0.25) is 4.90 Å². The smallest absolute Gasteiger partial charge is 0.414 e. The number of cyclic esters (lactones) is 1. The van der Waals surface area contributed by atoms with Crippen molar-refractivity contribution in [2.45, 2.75) is 18.6 Å². The topological polar surface area (TPSA) is 106 Å². The van der Waals surface area contributed by atoms with E-state index in [0.717, 1.165) is 0 Å². The largest absolute Gasteiger partial charge is 0.471 e. The molecule has 0 radical (unpaired) electrons. The first-order chi connectivity index (χ1) is 14.5. The molecule has 0 saturated carbocycles. The fourth-order valence-electron chi connectivity index (χ4n) is 3.52. The van der Waals surface area contributed by atoms with Crippen LogP contribution in [0.15, 0.2) is 35.1 Å². The van der Waals surface area contributed by atoms with Crippen molar-refractivity contribution in [1.82, 2.24) is 10.5 Å². The van der Waals surface area contributed by atoms with E-state index >= 15 is 0 Å². The molecule has 160 valence electrons. The number of alkyl carbamates (subject to hydrolysis) is 1. The van der Waals surface area contributed by atoms with E-state index in [1.165, 1.54) is 24.3 Å². The Morgan fingerprint density at radius 3 is 2.97 bits per heavy atom. The zero-order valence-corrected chi connectivity index (χ0v) is 16.2. The second kappa shape index (κ2) is 8.47. The molecule has 0 bridgehead atoms. The number of amides is 2. The minimum absolute atomic E-state index is 0.109. The molecule has 2 aromatic rings. The second-order valence-corrected chi connectivity index (χ2v) is 6.97. The fourth-order valence-corrected chi connectivity index (χ4v) is 3.52. The first kappa shape index (κ1) is 19.8. The van der Waals surface area contributed by atoms with Crippen molar-refractivity contribution in [2.75, 3.05) is 43.2 Å². The van der Waals surface area contributed by atoms with Crippen LogP contribution in [0.4, 0.5) is 25.4 Å². The molecule has 2 saturated heterocycles. The number of rotatable bonds is 6. The number of hydrogen-bond donors (Lipinski definition) is 1. The van der Waals surface area contributed by atoms with Crippen LogP contribution in [0.1, 0.15) is 6.42 Å². The summed E-state index contributed by atoms with van der Waals surface area (Å²) in [6.07, 6.45) is 0.468. The van der Waals surface area contributed by atoms with E-state index in [2.05, 4.69) is 19.7 Å². The Bertz CT molecular complexity index is 908. The van der Waals surface area contributed by atoms with Crippen molar-refractivity contribution in [3.05, 3.63) is 36.3 Å². The first-order valence-electron chi connectivity index (χ1n) is 9.44. The highest BCUT2D eigenvalue weighted by atomic mass is 19.1. The molecule has 1 aromatic carbocycles. The van der Waals surface area contributed by atoms with Gasteiger partial charge in [0.2, 0.25) is 0 Å². The van der Waals surface area contributed by atoms with E-state index in [-0.39, 0.29) is 19.2 Å². The van der Waals surface area contributed by atoms with Crippen LogP contribution < -0.4 is 19.9 Å². The zero-order valence-electron chi connectivity index (χ0n) is 16.2. The molecule has 1 aromatic heterocycles. The van der Waals surface area contributed by atoms with Gasteiger partial charge in [-0.1, -0.05) is 0 Å². The van der Waals surface area contributed by atoms with E-state index < -0.39 is 24.1 Å². The normalized spacial score (nSPS) is 20.9. The predicted molar refractivity (Wildman–Crippen MR) is 102 cm³/mol. The molecular weight excluding hydrogens is 399 g/mol. The maximum Gasteiger partial charge on any atom is 0.414 e. The van der Waals surface area contributed by atoms with Crippen LogP contribution in [0.2, 0.25) is 0 Å². The molecule has 2 atom stereocenters. The number of carbonyl (C=O) groups is 2. The number of nitrogens with one attached hydrogen (secondary N) is 1. The molecule has 2 aliphatic heterocycles. The molecule has 2 fully saturated rings. The molecule has 3 heterocycles. The van der Waals surface area contributed by atoms with Crippen molar-refractivity contribution < 1.29 is 32.7 Å². The van der Waals surface area contributed by atoms with Gasteiger partial charge in [0.25, 0.3) is 5.88 Å². The van der Waals surface area contributed by atoms with Crippen LogP contribution in [0.5, 0.6) is 5.88 Å². The first-order valence-corrected chi connectivity index (χ1v) is 9.44. The van der Waals surface area contributed by atoms with Crippen LogP contribution >= 0.6 is 0 Å². The summed E-state index contributed by atoms with van der Waals surface area (Å²) in [6, 6.07) is 6.03. The van der Waals surface area contributed by atoms with E-state index in [9.17, 15) is 14.0 Å². The van der Waals surface area contributed by atoms with Crippen LogP contribution in [0, 0.1) is 5.82 Å². The number of aromatic nitrogens is 1. The molecule has 2 amide bonds. The Morgan fingerprint density at radius 2 is 2.23 bits per heavy atom. The van der Waals surface area contributed by atoms with E-state index in [4.69, 9.17) is 9.47 Å². The lowest BCUT2D eigenvalue weighted by Crippen LogP contribution is -2.37. The van der Waals surface area contributed by atoms with Gasteiger partial charge in [0, 0.05) is 19.2 Å². The summed E-state index contributed by atoms with van der Waals surface area (Å²) < 4.78 is 34.7. The molecule has 10 nitrogen and oxygen atoms in total. The van der Waals surface area contributed by atoms with Gasteiger partial charge in [0.05, 0.1) is 31.1 Å². The fraction of sp³-hybridized carbons (Fsp3) is 0.421. The summed E-state index contributed by atoms with van der Waals surface area (Å²) in [6.45, 7) is 1.40. The number of nitrogens with zero attached hydrogens (tertiary/aromatic N) is 3. The molecule has 4 rings (SSSR count). The quantitative estimate of drug-likeness (QED) is 0.758. The van der Waals surface area contributed by atoms with Crippen LogP contribution in [-0.4, -0.2) is 62.8 Å². The third-order valence-corrected chi connectivity index (χ3v) is 4.98. The number of benzene rings is 1. The Kier molecular flexibility index (Phi) is 5.59. The van der Waals surface area contributed by atoms with E-state index in [1.807, 2.05) is 4.90 Å². The molecule has 30 heavy (non-hydrogen) atoms. The summed E-state index contributed by atoms with van der Waals surface area (Å²) in [7, 11) is 1.30. The van der Waals surface area contributed by atoms with Crippen molar-refractivity contribution in [3.63, 3.8) is 0 Å². The monoisotopic (exact) mass is 420 g/mol. The summed E-state index contributed by atoms with van der Waals surface area (Å²) in [5.41, 5.74) is 0.806. The lowest BCUT2D eigenvalue weighted by Gasteiger charge is -2.21. The Morgan fingerprint density at radius 1 is 1.37 bits per heavy atom. The second-order valence-electron chi connectivity index (χ2n) is 6.97. The van der Waals surface area contributed by atoms with Gasteiger partial charge in [-0.25, -0.2) is 14.0 Å². The minimum atomic E-state index is -0.570. The van der Waals surface area contributed by atoms with Crippen molar-refractivity contribution in [3.8, 4) is 5.88 Å². The standard InChI is InChI=1S/C19H21FN4O6/c1-27-18(25)21-12-4-6-23(9-12)16-3-2-13(8-15(16)20)24-10-14(30-19(24)26)11-28-17-5-7-29-22-17/h2-3,5,7-8,12,14H,4,6,9-11H2,1H3,(H,21,25)/t12-,14?/m0/s1. The van der Waals surface area contributed by atoms with Crippen LogP contribution in [-0.2, 0) is 9.47 Å². The third kappa shape index (κ3) is 4.24. The van der Waals surface area contributed by atoms with Gasteiger partial charge in [0.1, 0.15) is 18.7 Å². The van der Waals surface area contributed by atoms with Gasteiger partial charge in [-0.2, -0.15) is 0 Å². The maximum atomic E-state index is 14.8. The molecule has 1 N–H and O–H groups in total. The summed E-state index contributed by atoms with van der Waals surface area (Å²) in [5.74, 6) is -0.160. The zero-order chi connectivity index (χ0) is 21.1. The summed E-state index contributed by atoms with van der Waals surface area (Å²) >= 11 is 0. The van der Waals surface area contributed by atoms with Gasteiger partial charge < -0.3 is 29.0 Å². The maximum absolute atomic E-state index is 14.8.